The molecule has 0 aliphatic carbocycles. The van der Waals surface area contributed by atoms with Crippen molar-refractivity contribution < 1.29 is 14.6 Å². The van der Waals surface area contributed by atoms with Gasteiger partial charge in [0.1, 0.15) is 0 Å². The van der Waals surface area contributed by atoms with E-state index in [0.717, 1.165) is 4.57 Å². The number of aryl methyl sites for hydroxylation is 1. The van der Waals surface area contributed by atoms with Gasteiger partial charge in [-0.25, -0.2) is 4.79 Å². The van der Waals surface area contributed by atoms with E-state index in [1.165, 1.54) is 24.9 Å². The molecule has 0 amide bonds. The van der Waals surface area contributed by atoms with Crippen LogP contribution in [0.15, 0.2) is 52.2 Å². The van der Waals surface area contributed by atoms with Crippen molar-refractivity contribution in [2.75, 3.05) is 13.7 Å². The van der Waals surface area contributed by atoms with E-state index in [2.05, 4.69) is 9.97 Å². The first-order valence-corrected chi connectivity index (χ1v) is 10.5. The van der Waals surface area contributed by atoms with E-state index < -0.39 is 11.2 Å². The Hall–Kier alpha value is -3.63. The van der Waals surface area contributed by atoms with Crippen LogP contribution in [0, 0.1) is 0 Å². The molecule has 4 rings (SSSR count). The van der Waals surface area contributed by atoms with Crippen molar-refractivity contribution in [2.24, 2.45) is 7.05 Å². The zero-order valence-corrected chi connectivity index (χ0v) is 18.8. The smallest absolute Gasteiger partial charge is 0.332 e. The molecule has 11 heteroatoms. The zero-order valence-electron chi connectivity index (χ0n) is 18.1. The van der Waals surface area contributed by atoms with E-state index in [1.807, 2.05) is 0 Å². The Morgan fingerprint density at radius 3 is 2.52 bits per heavy atom. The molecular formula is C22H22ClN5O5. The molecule has 0 aliphatic heterocycles. The maximum Gasteiger partial charge on any atom is 0.332 e. The van der Waals surface area contributed by atoms with E-state index in [0.29, 0.717) is 22.2 Å². The first-order valence-electron chi connectivity index (χ1n) is 10.2. The molecule has 4 aromatic rings. The fourth-order valence-corrected chi connectivity index (χ4v) is 3.58. The molecule has 0 fully saturated rings. The van der Waals surface area contributed by atoms with Crippen molar-refractivity contribution in [1.29, 1.82) is 0 Å². The number of aliphatic hydroxyl groups excluding tert-OH is 1. The third-order valence-electron chi connectivity index (χ3n) is 5.12. The number of benzene rings is 1. The van der Waals surface area contributed by atoms with Gasteiger partial charge in [0.2, 0.25) is 0 Å². The summed E-state index contributed by atoms with van der Waals surface area (Å²) in [6, 6.07) is 10.5. The number of hydrogen-bond donors (Lipinski definition) is 1. The van der Waals surface area contributed by atoms with Gasteiger partial charge in [-0.3, -0.25) is 23.5 Å². The van der Waals surface area contributed by atoms with Gasteiger partial charge in [-0.2, -0.15) is 4.98 Å². The quantitative estimate of drug-likeness (QED) is 0.419. The van der Waals surface area contributed by atoms with Crippen LogP contribution in [0.1, 0.15) is 12.1 Å². The fraction of sp³-hybridized carbons (Fsp3) is 0.273. The Morgan fingerprint density at radius 2 is 1.85 bits per heavy atom. The Balaban J connectivity index is 1.94. The largest absolute Gasteiger partial charge is 0.493 e. The van der Waals surface area contributed by atoms with Crippen LogP contribution in [-0.2, 0) is 20.1 Å². The lowest BCUT2D eigenvalue weighted by Gasteiger charge is -2.12. The molecule has 0 spiro atoms. The number of nitrogens with zero attached hydrogens (tertiary/aromatic N) is 5. The summed E-state index contributed by atoms with van der Waals surface area (Å²) in [5, 5.41) is 9.67. The van der Waals surface area contributed by atoms with Crippen LogP contribution in [0.4, 0.5) is 0 Å². The highest BCUT2D eigenvalue weighted by molar-refractivity contribution is 6.30. The van der Waals surface area contributed by atoms with Gasteiger partial charge in [0.25, 0.3) is 5.56 Å². The first kappa shape index (κ1) is 22.6. The highest BCUT2D eigenvalue weighted by Crippen LogP contribution is 2.32. The first-order chi connectivity index (χ1) is 15.9. The summed E-state index contributed by atoms with van der Waals surface area (Å²) in [5.41, 5.74) is -0.100. The van der Waals surface area contributed by atoms with Crippen LogP contribution in [0.5, 0.6) is 17.5 Å². The highest BCUT2D eigenvalue weighted by Gasteiger charge is 2.23. The number of ether oxygens (including phenoxy) is 2. The summed E-state index contributed by atoms with van der Waals surface area (Å²) < 4.78 is 15.3. The van der Waals surface area contributed by atoms with Gasteiger partial charge in [0, 0.05) is 26.4 Å². The minimum Gasteiger partial charge on any atom is -0.493 e. The number of aliphatic hydroxyl groups is 1. The Bertz CT molecular complexity index is 1410. The number of pyridine rings is 1. The second kappa shape index (κ2) is 9.47. The Labute approximate surface area is 193 Å². The maximum absolute atomic E-state index is 13.3. The molecule has 0 aliphatic rings. The molecule has 3 aromatic heterocycles. The number of rotatable bonds is 8. The van der Waals surface area contributed by atoms with Crippen LogP contribution in [-0.4, -0.2) is 42.5 Å². The van der Waals surface area contributed by atoms with E-state index in [4.69, 9.17) is 21.1 Å². The second-order valence-corrected chi connectivity index (χ2v) is 7.69. The maximum atomic E-state index is 13.3. The van der Waals surface area contributed by atoms with Crippen molar-refractivity contribution in [1.82, 2.24) is 23.7 Å². The van der Waals surface area contributed by atoms with Crippen molar-refractivity contribution in [3.63, 3.8) is 0 Å². The highest BCUT2D eigenvalue weighted by atomic mass is 35.5. The van der Waals surface area contributed by atoms with E-state index in [9.17, 15) is 14.7 Å². The number of hydrogen-bond acceptors (Lipinski definition) is 7. The topological polar surface area (TPSA) is 113 Å². The summed E-state index contributed by atoms with van der Waals surface area (Å²) in [5.74, 6) is 0.876. The number of methoxy groups -OCH3 is 1. The molecule has 1 N–H and O–H groups in total. The van der Waals surface area contributed by atoms with Gasteiger partial charge in [0.05, 0.1) is 24.4 Å². The van der Waals surface area contributed by atoms with Gasteiger partial charge < -0.3 is 14.6 Å². The zero-order chi connectivity index (χ0) is 23.5. The number of para-hydroxylation sites is 2. The van der Waals surface area contributed by atoms with E-state index >= 15 is 0 Å². The average Bonchev–Trinajstić information content (AvgIpc) is 3.17. The van der Waals surface area contributed by atoms with Crippen LogP contribution < -0.4 is 20.7 Å². The lowest BCUT2D eigenvalue weighted by molar-refractivity contribution is 0.277. The van der Waals surface area contributed by atoms with Crippen LogP contribution in [0.3, 0.4) is 0 Å². The molecule has 0 saturated carbocycles. The van der Waals surface area contributed by atoms with Gasteiger partial charge in [-0.05, 0) is 30.7 Å². The van der Waals surface area contributed by atoms with Crippen LogP contribution >= 0.6 is 11.6 Å². The van der Waals surface area contributed by atoms with Gasteiger partial charge in [-0.1, -0.05) is 23.7 Å². The molecule has 0 unspecified atom stereocenters. The van der Waals surface area contributed by atoms with E-state index in [-0.39, 0.29) is 43.3 Å². The lowest BCUT2D eigenvalue weighted by atomic mass is 10.3. The average molecular weight is 472 g/mol. The van der Waals surface area contributed by atoms with Crippen molar-refractivity contribution in [2.45, 2.75) is 19.5 Å². The van der Waals surface area contributed by atoms with E-state index in [1.54, 1.807) is 41.0 Å². The molecule has 1 aromatic carbocycles. The van der Waals surface area contributed by atoms with Gasteiger partial charge in [0.15, 0.2) is 22.7 Å². The molecule has 0 saturated heterocycles. The summed E-state index contributed by atoms with van der Waals surface area (Å²) in [6.07, 6.45) is 1.77. The minimum absolute atomic E-state index is 0.0744. The van der Waals surface area contributed by atoms with Crippen LogP contribution in [0.2, 0.25) is 5.02 Å². The number of fused-ring (bicyclic) bond motifs is 1. The normalized spacial score (nSPS) is 11.2. The molecule has 172 valence electrons. The van der Waals surface area contributed by atoms with Crippen LogP contribution in [0.25, 0.3) is 11.2 Å². The molecule has 0 atom stereocenters. The number of halogens is 1. The lowest BCUT2D eigenvalue weighted by Crippen LogP contribution is -2.39. The number of imidazole rings is 1. The molecule has 33 heavy (non-hydrogen) atoms. The summed E-state index contributed by atoms with van der Waals surface area (Å²) in [4.78, 5) is 34.9. The van der Waals surface area contributed by atoms with Crippen molar-refractivity contribution in [3.8, 4) is 17.5 Å². The second-order valence-electron chi connectivity index (χ2n) is 7.25. The SMILES string of the molecule is COc1ccccc1Oc1nc2c(c(=O)n(CCCO)c(=O)n2C)n1Cc1ccc(Cl)cn1. The summed E-state index contributed by atoms with van der Waals surface area (Å²) in [6.45, 7) is 0.0698. The van der Waals surface area contributed by atoms with Crippen molar-refractivity contribution in [3.05, 3.63) is 74.1 Å². The number of aromatic nitrogens is 5. The standard InChI is InChI=1S/C22H22ClN5O5/c1-26-19-18(20(30)27(22(26)31)10-5-11-29)28(13-15-9-8-14(23)12-24-15)21(25-19)33-17-7-4-3-6-16(17)32-2/h3-4,6-9,12,29H,5,10-11,13H2,1-2H3. The molecule has 0 radical (unpaired) electrons. The molecular weight excluding hydrogens is 450 g/mol. The fourth-order valence-electron chi connectivity index (χ4n) is 3.47. The summed E-state index contributed by atoms with van der Waals surface area (Å²) in [7, 11) is 3.05. The predicted octanol–water partition coefficient (Wildman–Crippen LogP) is 2.18. The third-order valence-corrected chi connectivity index (χ3v) is 5.34. The molecule has 0 bridgehead atoms. The minimum atomic E-state index is -0.530. The predicted molar refractivity (Wildman–Crippen MR) is 122 cm³/mol. The Morgan fingerprint density at radius 1 is 1.09 bits per heavy atom. The molecule has 10 nitrogen and oxygen atoms in total. The van der Waals surface area contributed by atoms with Crippen molar-refractivity contribution >= 4 is 22.8 Å². The third kappa shape index (κ3) is 4.35. The monoisotopic (exact) mass is 471 g/mol. The Kier molecular flexibility index (Phi) is 6.47. The summed E-state index contributed by atoms with van der Waals surface area (Å²) >= 11 is 5.96. The van der Waals surface area contributed by atoms with Gasteiger partial charge >= 0.3 is 11.7 Å². The van der Waals surface area contributed by atoms with Gasteiger partial charge in [-0.15, -0.1) is 0 Å². The molecule has 3 heterocycles.